The van der Waals surface area contributed by atoms with Gasteiger partial charge in [0.05, 0.1) is 6.10 Å². The third-order valence-corrected chi connectivity index (χ3v) is 4.16. The van der Waals surface area contributed by atoms with Crippen molar-refractivity contribution < 1.29 is 9.53 Å². The van der Waals surface area contributed by atoms with Crippen molar-refractivity contribution in [1.29, 1.82) is 0 Å². The molecule has 21 heavy (non-hydrogen) atoms. The van der Waals surface area contributed by atoms with Gasteiger partial charge < -0.3 is 4.74 Å². The molecule has 0 saturated heterocycles. The average Bonchev–Trinajstić information content (AvgIpc) is 2.94. The highest BCUT2D eigenvalue weighted by molar-refractivity contribution is 7.17. The van der Waals surface area contributed by atoms with Crippen LogP contribution in [-0.4, -0.2) is 11.9 Å². The second-order valence-corrected chi connectivity index (χ2v) is 6.08. The van der Waals surface area contributed by atoms with E-state index >= 15 is 0 Å². The number of ether oxygens (including phenoxy) is 1. The lowest BCUT2D eigenvalue weighted by atomic mass is 10.0. The van der Waals surface area contributed by atoms with Crippen LogP contribution in [-0.2, 0) is 0 Å². The highest BCUT2D eigenvalue weighted by Gasteiger charge is 2.14. The van der Waals surface area contributed by atoms with Crippen molar-refractivity contribution in [3.63, 3.8) is 0 Å². The number of hydrogen-bond acceptors (Lipinski definition) is 3. The third kappa shape index (κ3) is 2.83. The minimum atomic E-state index is 0.0391. The van der Waals surface area contributed by atoms with E-state index in [1.807, 2.05) is 67.8 Å². The lowest BCUT2D eigenvalue weighted by Gasteiger charge is -2.10. The van der Waals surface area contributed by atoms with Crippen molar-refractivity contribution >= 4 is 27.2 Å². The summed E-state index contributed by atoms with van der Waals surface area (Å²) in [7, 11) is 0. The van der Waals surface area contributed by atoms with Gasteiger partial charge in [-0.25, -0.2) is 0 Å². The Morgan fingerprint density at radius 1 is 1.10 bits per heavy atom. The minimum absolute atomic E-state index is 0.0391. The van der Waals surface area contributed by atoms with Gasteiger partial charge in [0, 0.05) is 15.8 Å². The van der Waals surface area contributed by atoms with Gasteiger partial charge in [-0.3, -0.25) is 4.79 Å². The van der Waals surface area contributed by atoms with Gasteiger partial charge in [0.25, 0.3) is 0 Å². The van der Waals surface area contributed by atoms with E-state index in [0.717, 1.165) is 21.4 Å². The van der Waals surface area contributed by atoms with Crippen LogP contribution in [0.3, 0.4) is 0 Å². The first kappa shape index (κ1) is 13.8. The van der Waals surface area contributed by atoms with Crippen LogP contribution in [0.4, 0.5) is 0 Å². The van der Waals surface area contributed by atoms with Gasteiger partial charge >= 0.3 is 0 Å². The third-order valence-electron chi connectivity index (χ3n) is 3.19. The molecule has 0 N–H and O–H groups in total. The monoisotopic (exact) mass is 296 g/mol. The highest BCUT2D eigenvalue weighted by Crippen LogP contribution is 2.27. The van der Waals surface area contributed by atoms with Gasteiger partial charge in [-0.2, -0.15) is 0 Å². The quantitative estimate of drug-likeness (QED) is 0.639. The number of fused-ring (bicyclic) bond motifs is 1. The Hall–Kier alpha value is -2.13. The Balaban J connectivity index is 2.00. The van der Waals surface area contributed by atoms with Gasteiger partial charge in [-0.1, -0.05) is 24.3 Å². The molecule has 0 spiro atoms. The molecule has 0 aliphatic carbocycles. The standard InChI is InChI=1S/C18H16O2S/c1-12(2)20-15-7-3-6-14(11-15)17(19)16-8-4-5-13-9-10-21-18(13)16/h3-12H,1-2H3. The Morgan fingerprint density at radius 2 is 1.90 bits per heavy atom. The van der Waals surface area contributed by atoms with Gasteiger partial charge in [0.2, 0.25) is 0 Å². The number of thiophene rings is 1. The molecule has 2 nitrogen and oxygen atoms in total. The van der Waals surface area contributed by atoms with Crippen molar-refractivity contribution in [3.8, 4) is 5.75 Å². The van der Waals surface area contributed by atoms with Crippen LogP contribution in [0.15, 0.2) is 53.9 Å². The number of hydrogen-bond donors (Lipinski definition) is 0. The normalized spacial score (nSPS) is 11.0. The maximum Gasteiger partial charge on any atom is 0.194 e. The number of carbonyl (C=O) groups is 1. The van der Waals surface area contributed by atoms with E-state index in [9.17, 15) is 4.79 Å². The van der Waals surface area contributed by atoms with E-state index in [0.29, 0.717) is 5.56 Å². The van der Waals surface area contributed by atoms with Crippen molar-refractivity contribution in [3.05, 3.63) is 65.0 Å². The van der Waals surface area contributed by atoms with E-state index < -0.39 is 0 Å². The minimum Gasteiger partial charge on any atom is -0.491 e. The van der Waals surface area contributed by atoms with Crippen LogP contribution < -0.4 is 4.74 Å². The summed E-state index contributed by atoms with van der Waals surface area (Å²) in [4.78, 5) is 12.7. The lowest BCUT2D eigenvalue weighted by molar-refractivity contribution is 0.103. The first-order valence-corrected chi connectivity index (χ1v) is 7.81. The van der Waals surface area contributed by atoms with Gasteiger partial charge in [0.1, 0.15) is 5.75 Å². The van der Waals surface area contributed by atoms with Crippen LogP contribution in [0.25, 0.3) is 10.1 Å². The van der Waals surface area contributed by atoms with Crippen molar-refractivity contribution in [2.45, 2.75) is 20.0 Å². The Kier molecular flexibility index (Phi) is 3.76. The lowest BCUT2D eigenvalue weighted by Crippen LogP contribution is -2.07. The van der Waals surface area contributed by atoms with Crippen LogP contribution in [0.5, 0.6) is 5.75 Å². The molecule has 0 amide bonds. The molecule has 106 valence electrons. The molecule has 0 aliphatic rings. The van der Waals surface area contributed by atoms with E-state index in [2.05, 4.69) is 0 Å². The number of carbonyl (C=O) groups excluding carboxylic acids is 1. The van der Waals surface area contributed by atoms with E-state index in [1.165, 1.54) is 0 Å². The summed E-state index contributed by atoms with van der Waals surface area (Å²) in [6.07, 6.45) is 0.0936. The van der Waals surface area contributed by atoms with E-state index in [-0.39, 0.29) is 11.9 Å². The number of benzene rings is 2. The summed E-state index contributed by atoms with van der Waals surface area (Å²) in [5.41, 5.74) is 1.42. The fraction of sp³-hybridized carbons (Fsp3) is 0.167. The highest BCUT2D eigenvalue weighted by atomic mass is 32.1. The molecule has 3 heteroatoms. The Labute approximate surface area is 128 Å². The average molecular weight is 296 g/mol. The van der Waals surface area contributed by atoms with Crippen LogP contribution in [0.2, 0.25) is 0 Å². The molecule has 0 saturated carbocycles. The van der Waals surface area contributed by atoms with Crippen molar-refractivity contribution in [2.24, 2.45) is 0 Å². The molecule has 0 fully saturated rings. The molecular formula is C18H16O2S. The number of rotatable bonds is 4. The summed E-state index contributed by atoms with van der Waals surface area (Å²) in [6, 6.07) is 15.3. The molecule has 3 aromatic rings. The second kappa shape index (κ2) is 5.70. The molecule has 0 aliphatic heterocycles. The molecule has 3 rings (SSSR count). The largest absolute Gasteiger partial charge is 0.491 e. The maximum atomic E-state index is 12.7. The SMILES string of the molecule is CC(C)Oc1cccc(C(=O)c2cccc3ccsc23)c1. The summed E-state index contributed by atoms with van der Waals surface area (Å²) < 4.78 is 6.70. The van der Waals surface area contributed by atoms with Gasteiger partial charge in [-0.15, -0.1) is 11.3 Å². The summed E-state index contributed by atoms with van der Waals surface area (Å²) in [5, 5.41) is 3.13. The second-order valence-electron chi connectivity index (χ2n) is 5.17. The topological polar surface area (TPSA) is 26.3 Å². The summed E-state index contributed by atoms with van der Waals surface area (Å²) in [5.74, 6) is 0.770. The molecule has 1 aromatic heterocycles. The van der Waals surface area contributed by atoms with Crippen molar-refractivity contribution in [1.82, 2.24) is 0 Å². The zero-order chi connectivity index (χ0) is 14.8. The summed E-state index contributed by atoms with van der Waals surface area (Å²) in [6.45, 7) is 3.95. The Morgan fingerprint density at radius 3 is 2.71 bits per heavy atom. The maximum absolute atomic E-state index is 12.7. The molecule has 0 bridgehead atoms. The molecular weight excluding hydrogens is 280 g/mol. The van der Waals surface area contributed by atoms with Crippen LogP contribution in [0.1, 0.15) is 29.8 Å². The Bertz CT molecular complexity index is 787. The molecule has 1 heterocycles. The predicted molar refractivity (Wildman–Crippen MR) is 87.5 cm³/mol. The van der Waals surface area contributed by atoms with Gasteiger partial charge in [-0.05, 0) is 48.9 Å². The predicted octanol–water partition coefficient (Wildman–Crippen LogP) is 4.92. The fourth-order valence-corrected chi connectivity index (χ4v) is 3.22. The van der Waals surface area contributed by atoms with Gasteiger partial charge in [0.15, 0.2) is 5.78 Å². The zero-order valence-corrected chi connectivity index (χ0v) is 12.8. The molecule has 2 aromatic carbocycles. The first-order chi connectivity index (χ1) is 10.1. The molecule has 0 radical (unpaired) electrons. The van der Waals surface area contributed by atoms with E-state index in [1.54, 1.807) is 11.3 Å². The van der Waals surface area contributed by atoms with Crippen LogP contribution in [0, 0.1) is 0 Å². The molecule has 0 unspecified atom stereocenters. The van der Waals surface area contributed by atoms with Crippen molar-refractivity contribution in [2.75, 3.05) is 0 Å². The zero-order valence-electron chi connectivity index (χ0n) is 12.0. The summed E-state index contributed by atoms with van der Waals surface area (Å²) >= 11 is 1.60. The first-order valence-electron chi connectivity index (χ1n) is 6.93. The smallest absolute Gasteiger partial charge is 0.194 e. The fourth-order valence-electron chi connectivity index (χ4n) is 2.31. The molecule has 0 atom stereocenters. The number of ketones is 1. The van der Waals surface area contributed by atoms with E-state index in [4.69, 9.17) is 4.74 Å². The van der Waals surface area contributed by atoms with Crippen LogP contribution >= 0.6 is 11.3 Å².